The number of hydrogen-bond acceptors (Lipinski definition) is 4. The van der Waals surface area contributed by atoms with E-state index in [-0.39, 0.29) is 12.0 Å². The summed E-state index contributed by atoms with van der Waals surface area (Å²) < 4.78 is 1.61. The minimum Gasteiger partial charge on any atom is -0.370 e. The summed E-state index contributed by atoms with van der Waals surface area (Å²) in [5, 5.41) is 0.678. The number of hydrogen-bond donors (Lipinski definition) is 1. The van der Waals surface area contributed by atoms with Crippen molar-refractivity contribution in [1.29, 1.82) is 0 Å². The van der Waals surface area contributed by atoms with Crippen LogP contribution in [0.1, 0.15) is 36.0 Å². The first kappa shape index (κ1) is 14.7. The molecule has 2 aromatic heterocycles. The van der Waals surface area contributed by atoms with Crippen molar-refractivity contribution in [2.45, 2.75) is 46.6 Å². The number of fused-ring (bicyclic) bond motifs is 1. The van der Waals surface area contributed by atoms with Crippen molar-refractivity contribution in [3.63, 3.8) is 0 Å². The molecule has 0 unspecified atom stereocenters. The van der Waals surface area contributed by atoms with Crippen molar-refractivity contribution in [3.05, 3.63) is 26.6 Å². The zero-order chi connectivity index (χ0) is 14.9. The minimum atomic E-state index is -0.405. The number of carbonyl (C=O) groups excluding carboxylic acids is 1. The maximum Gasteiger partial charge on any atom is 0.262 e. The number of aryl methyl sites for hydroxylation is 3. The largest absolute Gasteiger partial charge is 0.370 e. The van der Waals surface area contributed by atoms with Crippen molar-refractivity contribution in [3.8, 4) is 0 Å². The van der Waals surface area contributed by atoms with E-state index >= 15 is 0 Å². The summed E-state index contributed by atoms with van der Waals surface area (Å²) in [5.41, 5.74) is 6.12. The Bertz CT molecular complexity index is 715. The van der Waals surface area contributed by atoms with Gasteiger partial charge >= 0.3 is 0 Å². The molecule has 0 saturated heterocycles. The number of carbonyl (C=O) groups is 1. The first-order chi connectivity index (χ1) is 9.45. The highest BCUT2D eigenvalue weighted by molar-refractivity contribution is 7.18. The molecule has 1 amide bonds. The van der Waals surface area contributed by atoms with E-state index in [1.807, 2.05) is 20.8 Å². The van der Waals surface area contributed by atoms with Crippen LogP contribution < -0.4 is 11.3 Å². The molecule has 6 heteroatoms. The van der Waals surface area contributed by atoms with Crippen LogP contribution in [0.2, 0.25) is 0 Å². The van der Waals surface area contributed by atoms with Gasteiger partial charge in [-0.25, -0.2) is 4.98 Å². The van der Waals surface area contributed by atoms with Gasteiger partial charge in [0.1, 0.15) is 10.7 Å². The number of nitrogens with two attached hydrogens (primary N) is 1. The molecule has 2 aromatic rings. The molecule has 0 aliphatic rings. The highest BCUT2D eigenvalue weighted by Gasteiger charge is 2.16. The molecule has 20 heavy (non-hydrogen) atoms. The zero-order valence-corrected chi connectivity index (χ0v) is 12.8. The Labute approximate surface area is 121 Å². The van der Waals surface area contributed by atoms with Crippen LogP contribution in [-0.2, 0) is 17.8 Å². The van der Waals surface area contributed by atoms with Crippen LogP contribution in [-0.4, -0.2) is 15.5 Å². The summed E-state index contributed by atoms with van der Waals surface area (Å²) in [5.74, 6) is 0.338. The Balaban J connectivity index is 2.64. The van der Waals surface area contributed by atoms with E-state index in [1.165, 1.54) is 0 Å². The van der Waals surface area contributed by atoms with Crippen LogP contribution in [0.25, 0.3) is 10.2 Å². The molecule has 0 fully saturated rings. The molecule has 2 N–H and O–H groups in total. The van der Waals surface area contributed by atoms with Gasteiger partial charge in [0.15, 0.2) is 0 Å². The molecule has 5 nitrogen and oxygen atoms in total. The highest BCUT2D eigenvalue weighted by Crippen LogP contribution is 2.26. The lowest BCUT2D eigenvalue weighted by atomic mass is 10.2. The average Bonchev–Trinajstić information content (AvgIpc) is 2.64. The van der Waals surface area contributed by atoms with Gasteiger partial charge in [-0.3, -0.25) is 14.2 Å². The number of primary amides is 1. The first-order valence-corrected chi connectivity index (χ1v) is 7.55. The molecule has 0 bridgehead atoms. The van der Waals surface area contributed by atoms with Gasteiger partial charge in [0, 0.05) is 24.3 Å². The summed E-state index contributed by atoms with van der Waals surface area (Å²) in [6, 6.07) is 0. The van der Waals surface area contributed by atoms with Gasteiger partial charge in [0.2, 0.25) is 5.91 Å². The van der Waals surface area contributed by atoms with Crippen molar-refractivity contribution in [1.82, 2.24) is 9.55 Å². The third kappa shape index (κ3) is 2.60. The van der Waals surface area contributed by atoms with E-state index in [2.05, 4.69) is 4.98 Å². The third-order valence-corrected chi connectivity index (χ3v) is 4.52. The van der Waals surface area contributed by atoms with Gasteiger partial charge in [0.05, 0.1) is 5.39 Å². The second-order valence-corrected chi connectivity index (χ2v) is 6.12. The van der Waals surface area contributed by atoms with Crippen LogP contribution in [0.4, 0.5) is 0 Å². The van der Waals surface area contributed by atoms with Crippen LogP contribution in [0.5, 0.6) is 0 Å². The van der Waals surface area contributed by atoms with Crippen LogP contribution >= 0.6 is 11.3 Å². The maximum absolute atomic E-state index is 12.6. The van der Waals surface area contributed by atoms with Gasteiger partial charge in [-0.1, -0.05) is 6.92 Å². The Morgan fingerprint density at radius 3 is 2.70 bits per heavy atom. The fourth-order valence-electron chi connectivity index (χ4n) is 2.24. The molecule has 0 radical (unpaired) electrons. The molecule has 0 atom stereocenters. The summed E-state index contributed by atoms with van der Waals surface area (Å²) in [6.07, 6.45) is 1.78. The highest BCUT2D eigenvalue weighted by atomic mass is 32.1. The topological polar surface area (TPSA) is 78.0 Å². The first-order valence-electron chi connectivity index (χ1n) is 6.73. The summed E-state index contributed by atoms with van der Waals surface area (Å²) in [4.78, 5) is 30.1. The molecule has 2 rings (SSSR count). The molecule has 0 aliphatic heterocycles. The maximum atomic E-state index is 12.6. The van der Waals surface area contributed by atoms with Crippen LogP contribution in [0.3, 0.4) is 0 Å². The van der Waals surface area contributed by atoms with Crippen LogP contribution in [0.15, 0.2) is 4.79 Å². The SMILES string of the molecule is CCCc1nc2sc(C)c(C)c2c(=O)n1CCC(N)=O. The van der Waals surface area contributed by atoms with Gasteiger partial charge in [-0.15, -0.1) is 11.3 Å². The van der Waals surface area contributed by atoms with E-state index in [1.54, 1.807) is 15.9 Å². The van der Waals surface area contributed by atoms with Crippen LogP contribution in [0, 0.1) is 13.8 Å². The van der Waals surface area contributed by atoms with E-state index in [9.17, 15) is 9.59 Å². The molecular weight excluding hydrogens is 274 g/mol. The van der Waals surface area contributed by atoms with E-state index < -0.39 is 5.91 Å². The molecule has 0 saturated carbocycles. The summed E-state index contributed by atoms with van der Waals surface area (Å²) in [6.45, 7) is 6.28. The Morgan fingerprint density at radius 2 is 2.10 bits per heavy atom. The summed E-state index contributed by atoms with van der Waals surface area (Å²) in [7, 11) is 0. The fourth-order valence-corrected chi connectivity index (χ4v) is 3.28. The fraction of sp³-hybridized carbons (Fsp3) is 0.500. The van der Waals surface area contributed by atoms with Crippen molar-refractivity contribution in [2.75, 3.05) is 0 Å². The third-order valence-electron chi connectivity index (χ3n) is 3.42. The molecular formula is C14H19N3O2S. The molecule has 2 heterocycles. The predicted octanol–water partition coefficient (Wildman–Crippen LogP) is 1.90. The van der Waals surface area contributed by atoms with Crippen molar-refractivity contribution < 1.29 is 4.79 Å². The van der Waals surface area contributed by atoms with Crippen molar-refractivity contribution in [2.24, 2.45) is 5.73 Å². The smallest absolute Gasteiger partial charge is 0.262 e. The van der Waals surface area contributed by atoms with Gasteiger partial charge in [-0.05, 0) is 25.8 Å². The van der Waals surface area contributed by atoms with Crippen molar-refractivity contribution >= 4 is 27.5 Å². The lowest BCUT2D eigenvalue weighted by Gasteiger charge is -2.11. The lowest BCUT2D eigenvalue weighted by molar-refractivity contribution is -0.118. The average molecular weight is 293 g/mol. The minimum absolute atomic E-state index is 0.0541. The zero-order valence-electron chi connectivity index (χ0n) is 12.0. The van der Waals surface area contributed by atoms with E-state index in [0.29, 0.717) is 11.9 Å². The van der Waals surface area contributed by atoms with Gasteiger partial charge in [-0.2, -0.15) is 0 Å². The Kier molecular flexibility index (Phi) is 4.23. The number of nitrogens with zero attached hydrogens (tertiary/aromatic N) is 2. The van der Waals surface area contributed by atoms with Gasteiger partial charge in [0.25, 0.3) is 5.56 Å². The second-order valence-electron chi connectivity index (χ2n) is 4.91. The monoisotopic (exact) mass is 293 g/mol. The number of aromatic nitrogens is 2. The quantitative estimate of drug-likeness (QED) is 0.914. The molecule has 0 aromatic carbocycles. The molecule has 0 aliphatic carbocycles. The standard InChI is InChI=1S/C14H19N3O2S/c1-4-5-11-16-13-12(8(2)9(3)20-13)14(19)17(11)7-6-10(15)18/h4-7H2,1-3H3,(H2,15,18). The number of amides is 1. The molecule has 108 valence electrons. The Hall–Kier alpha value is -1.69. The lowest BCUT2D eigenvalue weighted by Crippen LogP contribution is -2.27. The number of rotatable bonds is 5. The second kappa shape index (κ2) is 5.75. The predicted molar refractivity (Wildman–Crippen MR) is 81.2 cm³/mol. The normalized spacial score (nSPS) is 11.2. The molecule has 0 spiro atoms. The van der Waals surface area contributed by atoms with E-state index in [0.717, 1.165) is 33.9 Å². The number of thiophene rings is 1. The Morgan fingerprint density at radius 1 is 1.40 bits per heavy atom. The van der Waals surface area contributed by atoms with E-state index in [4.69, 9.17) is 5.73 Å². The van der Waals surface area contributed by atoms with Gasteiger partial charge < -0.3 is 5.73 Å². The summed E-state index contributed by atoms with van der Waals surface area (Å²) >= 11 is 1.55.